The van der Waals surface area contributed by atoms with Gasteiger partial charge in [-0.1, -0.05) is 51.1 Å². The van der Waals surface area contributed by atoms with Gasteiger partial charge in [0.15, 0.2) is 0 Å². The zero-order chi connectivity index (χ0) is 36.9. The van der Waals surface area contributed by atoms with E-state index in [0.29, 0.717) is 12.2 Å². The van der Waals surface area contributed by atoms with Crippen molar-refractivity contribution >= 4 is 33.5 Å². The number of likely N-dealkylation sites (tertiary alicyclic amines) is 1. The van der Waals surface area contributed by atoms with Crippen LogP contribution in [0.3, 0.4) is 0 Å². The van der Waals surface area contributed by atoms with Crippen molar-refractivity contribution in [2.24, 2.45) is 5.41 Å². The Morgan fingerprint density at radius 2 is 1.76 bits per heavy atom. The second-order valence-corrected chi connectivity index (χ2v) is 15.6. The second-order valence-electron chi connectivity index (χ2n) is 13.9. The fraction of sp³-hybridized carbons (Fsp3) is 0.417. The first-order valence-electron chi connectivity index (χ1n) is 16.8. The molecule has 5 rings (SSSR count). The number of halogens is 1. The van der Waals surface area contributed by atoms with Gasteiger partial charge in [-0.3, -0.25) is 18.8 Å². The van der Waals surface area contributed by atoms with Crippen molar-refractivity contribution in [1.29, 1.82) is 0 Å². The molecular formula is C36H45FN8O5S. The molecule has 0 spiro atoms. The zero-order valence-electron chi connectivity index (χ0n) is 29.4. The molecule has 1 saturated heterocycles. The molecule has 3 N–H and O–H groups in total. The number of rotatable bonds is 13. The molecule has 2 aromatic heterocycles. The van der Waals surface area contributed by atoms with Gasteiger partial charge in [0, 0.05) is 44.3 Å². The van der Waals surface area contributed by atoms with Crippen molar-refractivity contribution in [2.45, 2.75) is 69.6 Å². The van der Waals surface area contributed by atoms with E-state index < -0.39 is 51.4 Å². The minimum absolute atomic E-state index is 0.0118. The van der Waals surface area contributed by atoms with Gasteiger partial charge in [-0.15, -0.1) is 0 Å². The van der Waals surface area contributed by atoms with E-state index in [1.807, 2.05) is 20.8 Å². The van der Waals surface area contributed by atoms with Crippen LogP contribution in [0.15, 0.2) is 84.1 Å². The molecule has 1 aliphatic heterocycles. The smallest absolute Gasteiger partial charge is 0.274 e. The Morgan fingerprint density at radius 3 is 2.41 bits per heavy atom. The van der Waals surface area contributed by atoms with Crippen molar-refractivity contribution in [3.63, 3.8) is 0 Å². The van der Waals surface area contributed by atoms with Crippen LogP contribution in [0.2, 0.25) is 0 Å². The van der Waals surface area contributed by atoms with Crippen LogP contribution in [0.5, 0.6) is 0 Å². The van der Waals surface area contributed by atoms with E-state index >= 15 is 0 Å². The van der Waals surface area contributed by atoms with Gasteiger partial charge >= 0.3 is 0 Å². The van der Waals surface area contributed by atoms with Crippen LogP contribution in [0.1, 0.15) is 50.2 Å². The van der Waals surface area contributed by atoms with Gasteiger partial charge in [0.1, 0.15) is 17.6 Å². The number of hydrogen-bond donors (Lipinski definition) is 3. The average Bonchev–Trinajstić information content (AvgIpc) is 3.72. The third kappa shape index (κ3) is 9.15. The Morgan fingerprint density at radius 1 is 1.06 bits per heavy atom. The van der Waals surface area contributed by atoms with Gasteiger partial charge < -0.3 is 20.4 Å². The van der Waals surface area contributed by atoms with Gasteiger partial charge in [0.05, 0.1) is 17.0 Å². The summed E-state index contributed by atoms with van der Waals surface area (Å²) in [6.07, 6.45) is 5.46. The molecule has 3 heterocycles. The number of imidazole rings is 1. The van der Waals surface area contributed by atoms with E-state index in [-0.39, 0.29) is 48.4 Å². The van der Waals surface area contributed by atoms with Crippen LogP contribution in [0.4, 0.5) is 4.39 Å². The number of sulfonamides is 1. The third-order valence-corrected chi connectivity index (χ3v) is 10.6. The van der Waals surface area contributed by atoms with Gasteiger partial charge in [0.2, 0.25) is 27.6 Å². The Balaban J connectivity index is 1.48. The van der Waals surface area contributed by atoms with Gasteiger partial charge in [-0.25, -0.2) is 27.5 Å². The summed E-state index contributed by atoms with van der Waals surface area (Å²) in [6, 6.07) is 12.8. The van der Waals surface area contributed by atoms with E-state index in [4.69, 9.17) is 0 Å². The molecule has 0 saturated carbocycles. The molecule has 272 valence electrons. The third-order valence-electron chi connectivity index (χ3n) is 9.06. The van der Waals surface area contributed by atoms with Gasteiger partial charge in [0.25, 0.3) is 5.91 Å². The van der Waals surface area contributed by atoms with Crippen LogP contribution in [0, 0.1) is 11.2 Å². The number of carbonyl (C=O) groups is 3. The van der Waals surface area contributed by atoms with E-state index in [1.54, 1.807) is 83.2 Å². The summed E-state index contributed by atoms with van der Waals surface area (Å²) < 4.78 is 44.9. The maximum atomic E-state index is 14.5. The van der Waals surface area contributed by atoms with Crippen LogP contribution in [-0.4, -0.2) is 101 Å². The number of fused-ring (bicyclic) bond motifs is 1. The summed E-state index contributed by atoms with van der Waals surface area (Å²) in [4.78, 5) is 53.7. The summed E-state index contributed by atoms with van der Waals surface area (Å²) >= 11 is 0. The molecule has 15 heteroatoms. The van der Waals surface area contributed by atoms with E-state index in [0.717, 1.165) is 5.56 Å². The predicted octanol–water partition coefficient (Wildman–Crippen LogP) is 2.64. The molecule has 3 amide bonds. The fourth-order valence-corrected chi connectivity index (χ4v) is 7.35. The second kappa shape index (κ2) is 15.7. The summed E-state index contributed by atoms with van der Waals surface area (Å²) in [6.45, 7) is 7.46. The maximum absolute atomic E-state index is 14.5. The first kappa shape index (κ1) is 37.5. The highest BCUT2D eigenvalue weighted by atomic mass is 32.2. The number of benzene rings is 2. The van der Waals surface area contributed by atoms with Crippen molar-refractivity contribution < 1.29 is 27.2 Å². The van der Waals surface area contributed by atoms with Gasteiger partial charge in [-0.05, 0) is 68.1 Å². The number of hydrogen-bond acceptors (Lipinski definition) is 8. The summed E-state index contributed by atoms with van der Waals surface area (Å²) in [7, 11) is -2.30. The van der Waals surface area contributed by atoms with Crippen LogP contribution in [-0.2, 0) is 26.0 Å². The Kier molecular flexibility index (Phi) is 11.5. The van der Waals surface area contributed by atoms with E-state index in [2.05, 4.69) is 25.3 Å². The number of amides is 3. The lowest BCUT2D eigenvalue weighted by Gasteiger charge is -2.37. The highest BCUT2D eigenvalue weighted by Gasteiger charge is 2.44. The average molecular weight is 721 g/mol. The molecule has 13 nitrogen and oxygen atoms in total. The topological polar surface area (TPSA) is 158 Å². The lowest BCUT2D eigenvalue weighted by molar-refractivity contribution is -0.140. The molecule has 1 aliphatic rings. The molecule has 2 aromatic carbocycles. The summed E-state index contributed by atoms with van der Waals surface area (Å²) in [5, 5.41) is 5.79. The molecule has 0 radical (unpaired) electrons. The molecule has 0 aliphatic carbocycles. The van der Waals surface area contributed by atoms with Crippen molar-refractivity contribution in [2.75, 3.05) is 26.7 Å². The fourth-order valence-electron chi connectivity index (χ4n) is 6.09. The molecular weight excluding hydrogens is 676 g/mol. The predicted molar refractivity (Wildman–Crippen MR) is 190 cm³/mol. The summed E-state index contributed by atoms with van der Waals surface area (Å²) in [5.74, 6) is -1.20. The minimum Gasteiger partial charge on any atom is -0.342 e. The van der Waals surface area contributed by atoms with Crippen molar-refractivity contribution in [1.82, 2.24) is 39.5 Å². The molecule has 1 unspecified atom stereocenters. The number of nitrogens with one attached hydrogen (secondary N) is 3. The highest BCUT2D eigenvalue weighted by Crippen LogP contribution is 2.28. The Labute approximate surface area is 297 Å². The highest BCUT2D eigenvalue weighted by molar-refractivity contribution is 7.89. The lowest BCUT2D eigenvalue weighted by atomic mass is 9.85. The first-order chi connectivity index (χ1) is 24.2. The van der Waals surface area contributed by atoms with Crippen LogP contribution < -0.4 is 15.4 Å². The first-order valence-corrected chi connectivity index (χ1v) is 18.3. The molecule has 4 aromatic rings. The largest absolute Gasteiger partial charge is 0.342 e. The van der Waals surface area contributed by atoms with Gasteiger partial charge in [-0.2, -0.15) is 0 Å². The normalized spacial score (nSPS) is 17.6. The standard InChI is InChI=1S/C36H45FN8O5S/c1-24(38-5)32(46)41-31(36(2,3)4)34(48)45-21-27(42-51(49,50)29-10-7-6-8-11-29)20-28(45)22-43(19-16-25-12-14-26(37)15-13-25)33(47)30-23-44-18-9-17-39-35(44)40-30/h6-15,17-18,23-24,27-28,31,38,42H,16,19-22H2,1-5H3,(H,41,46)/t24-,27-,28?,31+/m0/s1. The van der Waals surface area contributed by atoms with Crippen molar-refractivity contribution in [3.05, 3.63) is 96.3 Å². The SMILES string of the molecule is CN[C@@H](C)C(=O)N[C@H](C(=O)N1C[C@@H](NS(=O)(=O)c2ccccc2)CC1CN(CCc1ccc(F)cc1)C(=O)c1cn2cccnc2n1)C(C)(C)C. The summed E-state index contributed by atoms with van der Waals surface area (Å²) in [5.41, 5.74) is 0.229. The number of carbonyl (C=O) groups excluding carboxylic acids is 3. The van der Waals surface area contributed by atoms with Crippen LogP contribution >= 0.6 is 0 Å². The maximum Gasteiger partial charge on any atom is 0.274 e. The molecule has 1 fully saturated rings. The molecule has 51 heavy (non-hydrogen) atoms. The van der Waals surface area contributed by atoms with E-state index in [1.165, 1.54) is 24.3 Å². The number of likely N-dealkylation sites (N-methyl/N-ethyl adjacent to an activating group) is 1. The Bertz CT molecular complexity index is 1920. The Hall–Kier alpha value is -4.73. The molecule has 0 bridgehead atoms. The van der Waals surface area contributed by atoms with Crippen LogP contribution in [0.25, 0.3) is 5.78 Å². The van der Waals surface area contributed by atoms with E-state index in [9.17, 15) is 27.2 Å². The zero-order valence-corrected chi connectivity index (χ0v) is 30.2. The number of aromatic nitrogens is 3. The van der Waals surface area contributed by atoms with Crippen molar-refractivity contribution in [3.8, 4) is 0 Å². The number of nitrogens with zero attached hydrogens (tertiary/aromatic N) is 5. The molecule has 4 atom stereocenters. The monoisotopic (exact) mass is 720 g/mol. The quantitative estimate of drug-likeness (QED) is 0.190. The minimum atomic E-state index is -3.95. The lowest BCUT2D eigenvalue weighted by Crippen LogP contribution is -2.59.